The Bertz CT molecular complexity index is 733. The first-order valence-electron chi connectivity index (χ1n) is 6.69. The fraction of sp³-hybridized carbons (Fsp3) is 0.235. The summed E-state index contributed by atoms with van der Waals surface area (Å²) in [6.45, 7) is 5.84. The van der Waals surface area contributed by atoms with Crippen LogP contribution in [-0.4, -0.2) is 12.5 Å². The van der Waals surface area contributed by atoms with Crippen LogP contribution in [-0.2, 0) is 0 Å². The van der Waals surface area contributed by atoms with Gasteiger partial charge in [0, 0.05) is 11.3 Å². The zero-order chi connectivity index (χ0) is 15.4. The number of hydrogen-bond donors (Lipinski definition) is 2. The van der Waals surface area contributed by atoms with E-state index in [1.165, 1.54) is 0 Å². The largest absolute Gasteiger partial charge is 0.466 e. The number of nitrogens with two attached hydrogens (primary N) is 1. The van der Waals surface area contributed by atoms with E-state index in [1.54, 1.807) is 13.0 Å². The summed E-state index contributed by atoms with van der Waals surface area (Å²) in [6, 6.07) is 7.40. The average molecular weight is 282 g/mol. The molecule has 0 bridgehead atoms. The fourth-order valence-corrected chi connectivity index (χ4v) is 2.03. The van der Waals surface area contributed by atoms with Crippen LogP contribution in [0, 0.1) is 32.6 Å². The molecule has 0 saturated carbocycles. The van der Waals surface area contributed by atoms with E-state index in [-0.39, 0.29) is 5.91 Å². The summed E-state index contributed by atoms with van der Waals surface area (Å²) in [7, 11) is 0. The minimum Gasteiger partial charge on any atom is -0.466 e. The first-order chi connectivity index (χ1) is 10.0. The van der Waals surface area contributed by atoms with Gasteiger partial charge in [-0.05, 0) is 44.5 Å². The van der Waals surface area contributed by atoms with E-state index in [2.05, 4.69) is 17.2 Å². The van der Waals surface area contributed by atoms with Gasteiger partial charge in [0.25, 0.3) is 5.91 Å². The van der Waals surface area contributed by atoms with Crippen molar-refractivity contribution in [3.05, 3.63) is 52.5 Å². The summed E-state index contributed by atoms with van der Waals surface area (Å²) in [5, 5.41) is 2.90. The second-order valence-electron chi connectivity index (χ2n) is 4.82. The highest BCUT2D eigenvalue weighted by atomic mass is 16.3. The van der Waals surface area contributed by atoms with Crippen molar-refractivity contribution in [2.45, 2.75) is 20.8 Å². The van der Waals surface area contributed by atoms with Gasteiger partial charge in [0.1, 0.15) is 11.5 Å². The Kier molecular flexibility index (Phi) is 4.46. The summed E-state index contributed by atoms with van der Waals surface area (Å²) in [4.78, 5) is 12.3. The van der Waals surface area contributed by atoms with Gasteiger partial charge < -0.3 is 15.5 Å². The summed E-state index contributed by atoms with van der Waals surface area (Å²) >= 11 is 0. The molecule has 0 fully saturated rings. The van der Waals surface area contributed by atoms with Gasteiger partial charge in [0.15, 0.2) is 0 Å². The number of furan rings is 1. The zero-order valence-electron chi connectivity index (χ0n) is 12.4. The van der Waals surface area contributed by atoms with Crippen molar-refractivity contribution in [3.63, 3.8) is 0 Å². The lowest BCUT2D eigenvalue weighted by Gasteiger charge is -2.08. The SMILES string of the molecule is Cc1cc(C(=O)Nc2cc(C#CCN)ccc2C)c(C)o1. The van der Waals surface area contributed by atoms with E-state index in [0.29, 0.717) is 17.9 Å². The Labute approximate surface area is 124 Å². The first kappa shape index (κ1) is 14.9. The Morgan fingerprint density at radius 3 is 2.67 bits per heavy atom. The van der Waals surface area contributed by atoms with Crippen LogP contribution < -0.4 is 11.1 Å². The summed E-state index contributed by atoms with van der Waals surface area (Å²) in [5.41, 5.74) is 8.44. The highest BCUT2D eigenvalue weighted by Crippen LogP contribution is 2.20. The molecule has 3 N–H and O–H groups in total. The Hall–Kier alpha value is -2.51. The predicted octanol–water partition coefficient (Wildman–Crippen LogP) is 2.77. The average Bonchev–Trinajstić information content (AvgIpc) is 2.78. The lowest BCUT2D eigenvalue weighted by Crippen LogP contribution is -2.13. The molecule has 2 rings (SSSR count). The van der Waals surface area contributed by atoms with Gasteiger partial charge in [0.2, 0.25) is 0 Å². The van der Waals surface area contributed by atoms with E-state index < -0.39 is 0 Å². The maximum Gasteiger partial charge on any atom is 0.259 e. The van der Waals surface area contributed by atoms with E-state index in [0.717, 1.165) is 22.6 Å². The molecular formula is C17H18N2O2. The van der Waals surface area contributed by atoms with Gasteiger partial charge in [-0.25, -0.2) is 0 Å². The van der Waals surface area contributed by atoms with Gasteiger partial charge in [-0.15, -0.1) is 0 Å². The number of aryl methyl sites for hydroxylation is 3. The number of benzene rings is 1. The van der Waals surface area contributed by atoms with E-state index in [1.807, 2.05) is 32.0 Å². The molecule has 1 aromatic carbocycles. The standard InChI is InChI=1S/C17H18N2O2/c1-11-6-7-14(5-4-8-18)10-16(11)19-17(20)15-9-12(2)21-13(15)3/h6-7,9-10H,8,18H2,1-3H3,(H,19,20). The third-order valence-corrected chi connectivity index (χ3v) is 3.11. The van der Waals surface area contributed by atoms with Crippen LogP contribution in [0.25, 0.3) is 0 Å². The van der Waals surface area contributed by atoms with Crippen LogP contribution in [0.5, 0.6) is 0 Å². The van der Waals surface area contributed by atoms with Gasteiger partial charge in [-0.1, -0.05) is 17.9 Å². The van der Waals surface area contributed by atoms with Gasteiger partial charge in [-0.3, -0.25) is 4.79 Å². The fourth-order valence-electron chi connectivity index (χ4n) is 2.03. The Balaban J connectivity index is 2.26. The van der Waals surface area contributed by atoms with Crippen molar-refractivity contribution in [2.75, 3.05) is 11.9 Å². The Morgan fingerprint density at radius 2 is 2.05 bits per heavy atom. The molecule has 21 heavy (non-hydrogen) atoms. The van der Waals surface area contributed by atoms with Crippen LogP contribution in [0.4, 0.5) is 5.69 Å². The van der Waals surface area contributed by atoms with Crippen molar-refractivity contribution < 1.29 is 9.21 Å². The molecule has 0 aliphatic rings. The molecule has 1 amide bonds. The van der Waals surface area contributed by atoms with E-state index in [9.17, 15) is 4.79 Å². The molecule has 0 atom stereocenters. The first-order valence-corrected chi connectivity index (χ1v) is 6.69. The molecule has 4 heteroatoms. The number of carbonyl (C=O) groups is 1. The minimum atomic E-state index is -0.184. The molecule has 0 spiro atoms. The van der Waals surface area contributed by atoms with E-state index in [4.69, 9.17) is 10.2 Å². The summed E-state index contributed by atoms with van der Waals surface area (Å²) in [6.07, 6.45) is 0. The van der Waals surface area contributed by atoms with Gasteiger partial charge in [-0.2, -0.15) is 0 Å². The number of hydrogen-bond acceptors (Lipinski definition) is 3. The van der Waals surface area contributed by atoms with Crippen LogP contribution >= 0.6 is 0 Å². The molecule has 4 nitrogen and oxygen atoms in total. The quantitative estimate of drug-likeness (QED) is 0.832. The number of nitrogens with one attached hydrogen (secondary N) is 1. The van der Waals surface area contributed by atoms with Crippen molar-refractivity contribution in [3.8, 4) is 11.8 Å². The molecule has 0 unspecified atom stereocenters. The highest BCUT2D eigenvalue weighted by Gasteiger charge is 2.14. The monoisotopic (exact) mass is 282 g/mol. The van der Waals surface area contributed by atoms with Crippen molar-refractivity contribution in [1.82, 2.24) is 0 Å². The highest BCUT2D eigenvalue weighted by molar-refractivity contribution is 6.05. The van der Waals surface area contributed by atoms with Gasteiger partial charge in [0.05, 0.1) is 12.1 Å². The molecule has 2 aromatic rings. The van der Waals surface area contributed by atoms with Crippen molar-refractivity contribution in [2.24, 2.45) is 5.73 Å². The lowest BCUT2D eigenvalue weighted by molar-refractivity contribution is 0.102. The second kappa shape index (κ2) is 6.29. The smallest absolute Gasteiger partial charge is 0.259 e. The third-order valence-electron chi connectivity index (χ3n) is 3.11. The molecular weight excluding hydrogens is 264 g/mol. The zero-order valence-corrected chi connectivity index (χ0v) is 12.4. The third kappa shape index (κ3) is 3.53. The maximum atomic E-state index is 12.3. The van der Waals surface area contributed by atoms with Crippen molar-refractivity contribution >= 4 is 11.6 Å². The van der Waals surface area contributed by atoms with Crippen LogP contribution in [0.2, 0.25) is 0 Å². The topological polar surface area (TPSA) is 68.3 Å². The predicted molar refractivity (Wildman–Crippen MR) is 83.2 cm³/mol. The molecule has 108 valence electrons. The minimum absolute atomic E-state index is 0.184. The number of amides is 1. The summed E-state index contributed by atoms with van der Waals surface area (Å²) in [5.74, 6) is 6.90. The van der Waals surface area contributed by atoms with Gasteiger partial charge >= 0.3 is 0 Å². The second-order valence-corrected chi connectivity index (χ2v) is 4.82. The van der Waals surface area contributed by atoms with Crippen LogP contribution in [0.3, 0.4) is 0 Å². The molecule has 0 radical (unpaired) electrons. The van der Waals surface area contributed by atoms with Crippen LogP contribution in [0.15, 0.2) is 28.7 Å². The molecule has 0 aliphatic heterocycles. The number of carbonyl (C=O) groups excluding carboxylic acids is 1. The molecule has 1 aromatic heterocycles. The maximum absolute atomic E-state index is 12.3. The molecule has 0 aliphatic carbocycles. The Morgan fingerprint density at radius 1 is 1.29 bits per heavy atom. The molecule has 1 heterocycles. The summed E-state index contributed by atoms with van der Waals surface area (Å²) < 4.78 is 5.38. The lowest BCUT2D eigenvalue weighted by atomic mass is 10.1. The van der Waals surface area contributed by atoms with Crippen molar-refractivity contribution in [1.29, 1.82) is 0 Å². The van der Waals surface area contributed by atoms with Crippen LogP contribution in [0.1, 0.15) is 33.0 Å². The van der Waals surface area contributed by atoms with E-state index >= 15 is 0 Å². The normalized spacial score (nSPS) is 9.90. The number of rotatable bonds is 2. The molecule has 0 saturated heterocycles. The number of anilines is 1.